The minimum absolute atomic E-state index is 0.143. The van der Waals surface area contributed by atoms with Gasteiger partial charge in [0, 0.05) is 22.5 Å². The van der Waals surface area contributed by atoms with Crippen molar-refractivity contribution in [3.05, 3.63) is 94.5 Å². The van der Waals surface area contributed by atoms with Crippen LogP contribution in [-0.2, 0) is 0 Å². The van der Waals surface area contributed by atoms with E-state index in [2.05, 4.69) is 36.6 Å². The molecule has 1 fully saturated rings. The third kappa shape index (κ3) is 6.88. The molecule has 0 aliphatic heterocycles. The fourth-order valence-electron chi connectivity index (χ4n) is 5.55. The standard InChI is InChI=1S/C33H40N2O2/c1-5-6-23(3)25-8-10-26(11-9-25)27-12-14-28(15-13-27)32(36)34-30-19-16-29(17-20-30)33(37)35-31-18-7-22(2)24(4)21-31/h7,12-21,23,25-26H,5-6,8-11H2,1-4H3,(H,34,36)(H,35,37). The summed E-state index contributed by atoms with van der Waals surface area (Å²) in [4.78, 5) is 25.4. The Bertz CT molecular complexity index is 1210. The zero-order valence-electron chi connectivity index (χ0n) is 22.6. The fraction of sp³-hybridized carbons (Fsp3) is 0.394. The second-order valence-corrected chi connectivity index (χ2v) is 10.8. The minimum atomic E-state index is -0.175. The maximum atomic E-state index is 12.8. The van der Waals surface area contributed by atoms with Gasteiger partial charge in [-0.1, -0.05) is 44.9 Å². The van der Waals surface area contributed by atoms with E-state index in [-0.39, 0.29) is 11.8 Å². The van der Waals surface area contributed by atoms with Crippen molar-refractivity contribution in [2.75, 3.05) is 10.6 Å². The lowest BCUT2D eigenvalue weighted by Crippen LogP contribution is -2.19. The van der Waals surface area contributed by atoms with Gasteiger partial charge >= 0.3 is 0 Å². The predicted molar refractivity (Wildman–Crippen MR) is 153 cm³/mol. The van der Waals surface area contributed by atoms with Gasteiger partial charge in [0.1, 0.15) is 0 Å². The molecule has 0 spiro atoms. The van der Waals surface area contributed by atoms with Crippen LogP contribution in [0.25, 0.3) is 0 Å². The molecule has 4 rings (SSSR count). The van der Waals surface area contributed by atoms with Gasteiger partial charge in [-0.2, -0.15) is 0 Å². The number of amides is 2. The van der Waals surface area contributed by atoms with E-state index in [0.717, 1.165) is 23.1 Å². The third-order valence-corrected chi connectivity index (χ3v) is 8.13. The van der Waals surface area contributed by atoms with Crippen LogP contribution in [0.4, 0.5) is 11.4 Å². The molecule has 1 aliphatic carbocycles. The zero-order chi connectivity index (χ0) is 26.4. The highest BCUT2D eigenvalue weighted by atomic mass is 16.2. The molecule has 1 unspecified atom stereocenters. The van der Waals surface area contributed by atoms with Gasteiger partial charge in [-0.3, -0.25) is 9.59 Å². The van der Waals surface area contributed by atoms with Crippen LogP contribution in [0.15, 0.2) is 66.7 Å². The first kappa shape index (κ1) is 26.7. The summed E-state index contributed by atoms with van der Waals surface area (Å²) >= 11 is 0. The van der Waals surface area contributed by atoms with Gasteiger partial charge < -0.3 is 10.6 Å². The molecule has 194 valence electrons. The smallest absolute Gasteiger partial charge is 0.255 e. The first-order valence-corrected chi connectivity index (χ1v) is 13.7. The quantitative estimate of drug-likeness (QED) is 0.328. The molecule has 0 saturated heterocycles. The summed E-state index contributed by atoms with van der Waals surface area (Å²) in [5.74, 6) is 1.98. The van der Waals surface area contributed by atoms with Crippen molar-refractivity contribution in [3.8, 4) is 0 Å². The highest BCUT2D eigenvalue weighted by Crippen LogP contribution is 2.39. The topological polar surface area (TPSA) is 58.2 Å². The molecule has 1 atom stereocenters. The van der Waals surface area contributed by atoms with Crippen molar-refractivity contribution in [2.24, 2.45) is 11.8 Å². The maximum Gasteiger partial charge on any atom is 0.255 e. The summed E-state index contributed by atoms with van der Waals surface area (Å²) in [6.07, 6.45) is 7.72. The van der Waals surface area contributed by atoms with E-state index in [1.807, 2.05) is 44.2 Å². The number of aryl methyl sites for hydroxylation is 2. The molecule has 2 N–H and O–H groups in total. The van der Waals surface area contributed by atoms with E-state index in [0.29, 0.717) is 22.7 Å². The number of hydrogen-bond donors (Lipinski definition) is 2. The molecule has 0 radical (unpaired) electrons. The number of carbonyl (C=O) groups excluding carboxylic acids is 2. The summed E-state index contributed by atoms with van der Waals surface area (Å²) in [6, 6.07) is 21.0. The van der Waals surface area contributed by atoms with E-state index < -0.39 is 0 Å². The normalized spacial score (nSPS) is 18.2. The van der Waals surface area contributed by atoms with Crippen LogP contribution in [0.2, 0.25) is 0 Å². The van der Waals surface area contributed by atoms with Crippen molar-refractivity contribution in [1.29, 1.82) is 0 Å². The average molecular weight is 497 g/mol. The van der Waals surface area contributed by atoms with Gasteiger partial charge in [0.2, 0.25) is 0 Å². The predicted octanol–water partition coefficient (Wildman–Crippen LogP) is 8.52. The van der Waals surface area contributed by atoms with Gasteiger partial charge in [-0.05, 0) is 123 Å². The minimum Gasteiger partial charge on any atom is -0.322 e. The second-order valence-electron chi connectivity index (χ2n) is 10.8. The van der Waals surface area contributed by atoms with Gasteiger partial charge in [0.05, 0.1) is 0 Å². The van der Waals surface area contributed by atoms with Crippen molar-refractivity contribution < 1.29 is 9.59 Å². The SMILES string of the molecule is CCCC(C)C1CCC(c2ccc(C(=O)Nc3ccc(C(=O)Nc4ccc(C)c(C)c4)cc3)cc2)CC1. The molecule has 2 amide bonds. The van der Waals surface area contributed by atoms with Gasteiger partial charge in [0.15, 0.2) is 0 Å². The van der Waals surface area contributed by atoms with E-state index in [9.17, 15) is 9.59 Å². The van der Waals surface area contributed by atoms with Gasteiger partial charge in [-0.25, -0.2) is 0 Å². The van der Waals surface area contributed by atoms with Crippen LogP contribution in [-0.4, -0.2) is 11.8 Å². The molecule has 0 bridgehead atoms. The molecule has 1 aliphatic rings. The first-order valence-electron chi connectivity index (χ1n) is 13.7. The lowest BCUT2D eigenvalue weighted by Gasteiger charge is -2.32. The second kappa shape index (κ2) is 12.2. The fourth-order valence-corrected chi connectivity index (χ4v) is 5.55. The summed E-state index contributed by atoms with van der Waals surface area (Å²) in [5.41, 5.74) is 6.28. The van der Waals surface area contributed by atoms with Gasteiger partial charge in [0.25, 0.3) is 11.8 Å². The third-order valence-electron chi connectivity index (χ3n) is 8.13. The summed E-state index contributed by atoms with van der Waals surface area (Å²) in [5, 5.41) is 5.88. The molecule has 37 heavy (non-hydrogen) atoms. The number of anilines is 2. The number of rotatable bonds is 8. The highest BCUT2D eigenvalue weighted by molar-refractivity contribution is 6.06. The van der Waals surface area contributed by atoms with Crippen molar-refractivity contribution in [2.45, 2.75) is 72.1 Å². The number of carbonyl (C=O) groups is 2. The van der Waals surface area contributed by atoms with Crippen molar-refractivity contribution in [1.82, 2.24) is 0 Å². The molecule has 0 aromatic heterocycles. The summed E-state index contributed by atoms with van der Waals surface area (Å²) < 4.78 is 0. The Morgan fingerprint density at radius 1 is 0.757 bits per heavy atom. The van der Waals surface area contributed by atoms with Crippen LogP contribution >= 0.6 is 0 Å². The average Bonchev–Trinajstić information content (AvgIpc) is 2.91. The Morgan fingerprint density at radius 2 is 1.30 bits per heavy atom. The molecular weight excluding hydrogens is 456 g/mol. The molecule has 0 heterocycles. The lowest BCUT2D eigenvalue weighted by molar-refractivity contribution is 0.102. The molecule has 1 saturated carbocycles. The van der Waals surface area contributed by atoms with Crippen LogP contribution in [0.5, 0.6) is 0 Å². The van der Waals surface area contributed by atoms with E-state index in [1.165, 1.54) is 49.7 Å². The number of hydrogen-bond acceptors (Lipinski definition) is 2. The van der Waals surface area contributed by atoms with E-state index in [1.54, 1.807) is 24.3 Å². The summed E-state index contributed by atoms with van der Waals surface area (Å²) in [6.45, 7) is 8.76. The lowest BCUT2D eigenvalue weighted by atomic mass is 9.73. The van der Waals surface area contributed by atoms with Crippen LogP contribution < -0.4 is 10.6 Å². The Labute approximate surface area is 221 Å². The molecule has 4 heteroatoms. The van der Waals surface area contributed by atoms with Crippen molar-refractivity contribution in [3.63, 3.8) is 0 Å². The molecular formula is C33H40N2O2. The Balaban J connectivity index is 1.30. The number of benzene rings is 3. The largest absolute Gasteiger partial charge is 0.322 e. The highest BCUT2D eigenvalue weighted by Gasteiger charge is 2.25. The van der Waals surface area contributed by atoms with Crippen LogP contribution in [0.1, 0.15) is 95.7 Å². The zero-order valence-corrected chi connectivity index (χ0v) is 22.6. The van der Waals surface area contributed by atoms with Crippen LogP contribution in [0.3, 0.4) is 0 Å². The molecule has 3 aromatic rings. The Hall–Kier alpha value is -3.40. The summed E-state index contributed by atoms with van der Waals surface area (Å²) in [7, 11) is 0. The monoisotopic (exact) mass is 496 g/mol. The molecule has 3 aromatic carbocycles. The van der Waals surface area contributed by atoms with E-state index >= 15 is 0 Å². The first-order chi connectivity index (χ1) is 17.8. The van der Waals surface area contributed by atoms with Crippen LogP contribution in [0, 0.1) is 25.7 Å². The Kier molecular flexibility index (Phi) is 8.81. The maximum absolute atomic E-state index is 12.8. The molecule has 4 nitrogen and oxygen atoms in total. The van der Waals surface area contributed by atoms with Gasteiger partial charge in [-0.15, -0.1) is 0 Å². The Morgan fingerprint density at radius 3 is 1.86 bits per heavy atom. The number of nitrogens with one attached hydrogen (secondary N) is 2. The van der Waals surface area contributed by atoms with Crippen molar-refractivity contribution >= 4 is 23.2 Å². The van der Waals surface area contributed by atoms with E-state index in [4.69, 9.17) is 0 Å².